The molecular weight excluding hydrogens is 292 g/mol. The first kappa shape index (κ1) is 15.9. The van der Waals surface area contributed by atoms with Crippen LogP contribution in [0.15, 0.2) is 18.2 Å². The number of hydrogen-bond acceptors (Lipinski definition) is 3. The minimum absolute atomic E-state index is 0.276. The van der Waals surface area contributed by atoms with Crippen LogP contribution in [-0.4, -0.2) is 36.5 Å². The lowest BCUT2D eigenvalue weighted by molar-refractivity contribution is -0.119. The molecule has 0 spiro atoms. The molecule has 3 rings (SSSR count). The van der Waals surface area contributed by atoms with Crippen LogP contribution in [0.25, 0.3) is 0 Å². The van der Waals surface area contributed by atoms with Crippen LogP contribution < -0.4 is 10.2 Å². The van der Waals surface area contributed by atoms with Gasteiger partial charge in [0.15, 0.2) is 0 Å². The number of anilines is 1. The topological polar surface area (TPSA) is 32.3 Å². The minimum atomic E-state index is 0.276. The molecule has 1 aromatic carbocycles. The van der Waals surface area contributed by atoms with Crippen molar-refractivity contribution in [2.45, 2.75) is 45.1 Å². The summed E-state index contributed by atoms with van der Waals surface area (Å²) in [5.41, 5.74) is 3.86. The normalized spacial score (nSPS) is 21.8. The lowest BCUT2D eigenvalue weighted by Gasteiger charge is -2.32. The van der Waals surface area contributed by atoms with Gasteiger partial charge in [0.05, 0.1) is 0 Å². The molecule has 1 fully saturated rings. The van der Waals surface area contributed by atoms with Crippen LogP contribution in [0.5, 0.6) is 0 Å². The second kappa shape index (κ2) is 7.05. The smallest absolute Gasteiger partial charge is 0.228 e. The minimum Gasteiger partial charge on any atom is -0.312 e. The van der Waals surface area contributed by atoms with Gasteiger partial charge < -0.3 is 10.2 Å². The average Bonchev–Trinajstić information content (AvgIpc) is 2.54. The van der Waals surface area contributed by atoms with Gasteiger partial charge in [0.25, 0.3) is 0 Å². The molecule has 1 atom stereocenters. The number of hydrogen-bond donors (Lipinski definition) is 1. The lowest BCUT2D eigenvalue weighted by atomic mass is 9.94. The highest BCUT2D eigenvalue weighted by molar-refractivity contribution is 7.99. The Morgan fingerprint density at radius 3 is 3.05 bits per heavy atom. The molecule has 0 aliphatic carbocycles. The summed E-state index contributed by atoms with van der Waals surface area (Å²) in [4.78, 5) is 14.7. The van der Waals surface area contributed by atoms with E-state index in [1.807, 2.05) is 16.7 Å². The van der Waals surface area contributed by atoms with Crippen molar-refractivity contribution in [3.05, 3.63) is 29.3 Å². The summed E-state index contributed by atoms with van der Waals surface area (Å²) in [5, 5.41) is 3.47. The zero-order valence-corrected chi connectivity index (χ0v) is 14.4. The summed E-state index contributed by atoms with van der Waals surface area (Å²) in [6.07, 6.45) is 2.79. The predicted octanol–water partition coefficient (Wildman–Crippen LogP) is 3.18. The number of fused-ring (bicyclic) bond motifs is 1. The SMILES string of the molecule is CC(C)c1ccc2c(c1)CCCN2C(=O)CC1CSCCN1. The van der Waals surface area contributed by atoms with Crippen molar-refractivity contribution < 1.29 is 4.79 Å². The largest absolute Gasteiger partial charge is 0.312 e. The van der Waals surface area contributed by atoms with Crippen LogP contribution in [0.3, 0.4) is 0 Å². The van der Waals surface area contributed by atoms with Crippen LogP contribution in [0.4, 0.5) is 5.69 Å². The van der Waals surface area contributed by atoms with Crippen LogP contribution in [0.2, 0.25) is 0 Å². The molecule has 120 valence electrons. The average molecular weight is 318 g/mol. The fourth-order valence-corrected chi connectivity index (χ4v) is 4.26. The van der Waals surface area contributed by atoms with Crippen molar-refractivity contribution >= 4 is 23.4 Å². The van der Waals surface area contributed by atoms with Gasteiger partial charge in [-0.3, -0.25) is 4.79 Å². The molecule has 1 aromatic rings. The first-order valence-electron chi connectivity index (χ1n) is 8.39. The third kappa shape index (κ3) is 3.49. The molecule has 2 aliphatic heterocycles. The maximum absolute atomic E-state index is 12.7. The van der Waals surface area contributed by atoms with E-state index in [9.17, 15) is 4.79 Å². The van der Waals surface area contributed by atoms with Gasteiger partial charge in [-0.05, 0) is 36.0 Å². The van der Waals surface area contributed by atoms with Crippen LogP contribution >= 0.6 is 11.8 Å². The van der Waals surface area contributed by atoms with E-state index in [0.717, 1.165) is 43.1 Å². The molecule has 1 saturated heterocycles. The second-order valence-electron chi connectivity index (χ2n) is 6.62. The molecule has 0 saturated carbocycles. The van der Waals surface area contributed by atoms with Crippen LogP contribution in [0, 0.1) is 0 Å². The number of nitrogens with one attached hydrogen (secondary N) is 1. The van der Waals surface area contributed by atoms with E-state index in [-0.39, 0.29) is 5.91 Å². The summed E-state index contributed by atoms with van der Waals surface area (Å²) >= 11 is 1.95. The highest BCUT2D eigenvalue weighted by atomic mass is 32.2. The third-order valence-electron chi connectivity index (χ3n) is 4.61. The van der Waals surface area contributed by atoms with Crippen molar-refractivity contribution in [2.24, 2.45) is 0 Å². The summed E-state index contributed by atoms with van der Waals surface area (Å²) in [6, 6.07) is 6.98. The summed E-state index contributed by atoms with van der Waals surface area (Å²) in [7, 11) is 0. The van der Waals surface area contributed by atoms with Gasteiger partial charge in [-0.1, -0.05) is 26.0 Å². The number of thioether (sulfide) groups is 1. The molecule has 0 bridgehead atoms. The highest BCUT2D eigenvalue weighted by Crippen LogP contribution is 2.31. The number of aryl methyl sites for hydroxylation is 1. The van der Waals surface area contributed by atoms with Crippen LogP contribution in [-0.2, 0) is 11.2 Å². The quantitative estimate of drug-likeness (QED) is 0.929. The van der Waals surface area contributed by atoms with E-state index in [4.69, 9.17) is 0 Å². The van der Waals surface area contributed by atoms with Crippen molar-refractivity contribution in [1.29, 1.82) is 0 Å². The van der Waals surface area contributed by atoms with E-state index in [1.54, 1.807) is 0 Å². The molecule has 2 aliphatic rings. The summed E-state index contributed by atoms with van der Waals surface area (Å²) in [5.74, 6) is 3.03. The summed E-state index contributed by atoms with van der Waals surface area (Å²) < 4.78 is 0. The van der Waals surface area contributed by atoms with Gasteiger partial charge in [0.2, 0.25) is 5.91 Å². The molecule has 1 amide bonds. The number of carbonyl (C=O) groups is 1. The molecule has 3 nitrogen and oxygen atoms in total. The first-order chi connectivity index (χ1) is 10.6. The van der Waals surface area contributed by atoms with E-state index in [2.05, 4.69) is 37.4 Å². The van der Waals surface area contributed by atoms with Gasteiger partial charge in [-0.2, -0.15) is 11.8 Å². The Labute approximate surface area is 137 Å². The van der Waals surface area contributed by atoms with Gasteiger partial charge in [0, 0.05) is 42.7 Å². The number of carbonyl (C=O) groups excluding carboxylic acids is 1. The van der Waals surface area contributed by atoms with Gasteiger partial charge in [0.1, 0.15) is 0 Å². The maximum Gasteiger partial charge on any atom is 0.228 e. The molecule has 1 N–H and O–H groups in total. The number of rotatable bonds is 3. The van der Waals surface area contributed by atoms with Crippen molar-refractivity contribution in [3.63, 3.8) is 0 Å². The molecule has 22 heavy (non-hydrogen) atoms. The fourth-order valence-electron chi connectivity index (χ4n) is 3.31. The van der Waals surface area contributed by atoms with Crippen LogP contribution in [0.1, 0.15) is 43.7 Å². The highest BCUT2D eigenvalue weighted by Gasteiger charge is 2.25. The molecule has 4 heteroatoms. The number of benzene rings is 1. The Balaban J connectivity index is 1.74. The van der Waals surface area contributed by atoms with E-state index < -0.39 is 0 Å². The van der Waals surface area contributed by atoms with Gasteiger partial charge in [-0.25, -0.2) is 0 Å². The van der Waals surface area contributed by atoms with Gasteiger partial charge in [-0.15, -0.1) is 0 Å². The zero-order valence-electron chi connectivity index (χ0n) is 13.6. The molecular formula is C18H26N2OS. The number of amides is 1. The Bertz CT molecular complexity index is 538. The van der Waals surface area contributed by atoms with Gasteiger partial charge >= 0.3 is 0 Å². The fraction of sp³-hybridized carbons (Fsp3) is 0.611. The Morgan fingerprint density at radius 1 is 1.45 bits per heavy atom. The van der Waals surface area contributed by atoms with Crippen molar-refractivity contribution in [1.82, 2.24) is 5.32 Å². The predicted molar refractivity (Wildman–Crippen MR) is 94.9 cm³/mol. The summed E-state index contributed by atoms with van der Waals surface area (Å²) in [6.45, 7) is 6.34. The van der Waals surface area contributed by atoms with E-state index in [0.29, 0.717) is 18.4 Å². The second-order valence-corrected chi connectivity index (χ2v) is 7.77. The third-order valence-corrected chi connectivity index (χ3v) is 5.74. The lowest BCUT2D eigenvalue weighted by Crippen LogP contribution is -2.44. The standard InChI is InChI=1S/C18H26N2OS/c1-13(2)14-5-6-17-15(10-14)4-3-8-20(17)18(21)11-16-12-22-9-7-19-16/h5-6,10,13,16,19H,3-4,7-9,11-12H2,1-2H3. The zero-order chi connectivity index (χ0) is 15.5. The molecule has 0 radical (unpaired) electrons. The Hall–Kier alpha value is -1.000. The first-order valence-corrected chi connectivity index (χ1v) is 9.55. The molecule has 0 aromatic heterocycles. The Morgan fingerprint density at radius 2 is 2.32 bits per heavy atom. The number of nitrogens with zero attached hydrogens (tertiary/aromatic N) is 1. The monoisotopic (exact) mass is 318 g/mol. The molecule has 2 heterocycles. The molecule has 1 unspecified atom stereocenters. The van der Waals surface area contributed by atoms with E-state index >= 15 is 0 Å². The van der Waals surface area contributed by atoms with Crippen molar-refractivity contribution in [3.8, 4) is 0 Å². The Kier molecular flexibility index (Phi) is 5.09. The van der Waals surface area contributed by atoms with Crippen molar-refractivity contribution in [2.75, 3.05) is 29.5 Å². The van der Waals surface area contributed by atoms with E-state index in [1.165, 1.54) is 11.1 Å². The maximum atomic E-state index is 12.7.